The van der Waals surface area contributed by atoms with Gasteiger partial charge in [0.15, 0.2) is 0 Å². The summed E-state index contributed by atoms with van der Waals surface area (Å²) in [7, 11) is -0.901. The first-order valence-corrected chi connectivity index (χ1v) is 7.36. The zero-order chi connectivity index (χ0) is 14.3. The van der Waals surface area contributed by atoms with Crippen molar-refractivity contribution in [2.45, 2.75) is 44.4 Å². The normalized spacial score (nSPS) is 14.7. The Morgan fingerprint density at radius 1 is 1.39 bits per heavy atom. The van der Waals surface area contributed by atoms with Crippen LogP contribution in [-0.2, 0) is 15.6 Å². The minimum absolute atomic E-state index is 0.0253. The number of carboxylic acid groups (broad SMARTS) is 1. The molecule has 0 spiro atoms. The molecule has 0 aromatic heterocycles. The van der Waals surface area contributed by atoms with Crippen LogP contribution in [0.1, 0.15) is 33.6 Å². The number of rotatable bonds is 7. The minimum atomic E-state index is -0.963. The quantitative estimate of drug-likeness (QED) is 0.638. The summed E-state index contributed by atoms with van der Waals surface area (Å²) < 4.78 is 11.1. The summed E-state index contributed by atoms with van der Waals surface area (Å²) in [6, 6.07) is -0.407. The molecule has 0 fully saturated rings. The maximum absolute atomic E-state index is 11.5. The molecule has 0 aliphatic rings. The van der Waals surface area contributed by atoms with Crippen molar-refractivity contribution in [1.82, 2.24) is 10.6 Å². The number of carbonyl (C=O) groups is 2. The lowest BCUT2D eigenvalue weighted by atomic mass is 10.0. The average molecular weight is 278 g/mol. The van der Waals surface area contributed by atoms with Gasteiger partial charge in [-0.15, -0.1) is 0 Å². The molecule has 7 heteroatoms. The van der Waals surface area contributed by atoms with E-state index in [1.54, 1.807) is 20.1 Å². The number of hydrogen-bond acceptors (Lipinski definition) is 3. The predicted octanol–water partition coefficient (Wildman–Crippen LogP) is 0.696. The number of hydrogen-bond donors (Lipinski definition) is 3. The van der Waals surface area contributed by atoms with Crippen molar-refractivity contribution in [2.24, 2.45) is 0 Å². The maximum atomic E-state index is 11.5. The highest BCUT2D eigenvalue weighted by atomic mass is 32.2. The van der Waals surface area contributed by atoms with Gasteiger partial charge in [0.25, 0.3) is 0 Å². The SMILES string of the molecule is CC(CCNC(=O)NC(C)(C)CC(=O)O)S(C)=O. The number of amides is 2. The van der Waals surface area contributed by atoms with E-state index in [0.717, 1.165) is 0 Å². The maximum Gasteiger partial charge on any atom is 0.315 e. The standard InChI is InChI=1S/C11H22N2O4S/c1-8(18(4)17)5-6-12-10(16)13-11(2,3)7-9(14)15/h8H,5-7H2,1-4H3,(H,14,15)(H2,12,13,16). The van der Waals surface area contributed by atoms with E-state index in [1.807, 2.05) is 6.92 Å². The molecule has 0 bridgehead atoms. The second-order valence-electron chi connectivity index (χ2n) is 4.93. The van der Waals surface area contributed by atoms with Crippen molar-refractivity contribution < 1.29 is 18.9 Å². The van der Waals surface area contributed by atoms with E-state index in [9.17, 15) is 13.8 Å². The average Bonchev–Trinajstić information content (AvgIpc) is 2.13. The summed E-state index contributed by atoms with van der Waals surface area (Å²) in [5.41, 5.74) is -0.797. The van der Waals surface area contributed by atoms with Gasteiger partial charge in [-0.2, -0.15) is 0 Å². The zero-order valence-corrected chi connectivity index (χ0v) is 12.1. The second kappa shape index (κ2) is 7.35. The smallest absolute Gasteiger partial charge is 0.315 e. The second-order valence-corrected chi connectivity index (χ2v) is 6.74. The Labute approximate surface area is 110 Å². The van der Waals surface area contributed by atoms with E-state index in [2.05, 4.69) is 10.6 Å². The van der Waals surface area contributed by atoms with Crippen LogP contribution in [0.15, 0.2) is 0 Å². The van der Waals surface area contributed by atoms with Crippen LogP contribution in [0, 0.1) is 0 Å². The van der Waals surface area contributed by atoms with Gasteiger partial charge in [-0.1, -0.05) is 6.92 Å². The summed E-state index contributed by atoms with van der Waals surface area (Å²) in [6.45, 7) is 5.55. The van der Waals surface area contributed by atoms with Gasteiger partial charge in [0.2, 0.25) is 0 Å². The van der Waals surface area contributed by atoms with Crippen LogP contribution >= 0.6 is 0 Å². The Balaban J connectivity index is 3.97. The number of urea groups is 1. The molecule has 0 rings (SSSR count). The molecule has 0 aromatic carbocycles. The molecule has 0 radical (unpaired) electrons. The molecule has 2 amide bonds. The minimum Gasteiger partial charge on any atom is -0.481 e. The molecule has 0 aliphatic carbocycles. The van der Waals surface area contributed by atoms with Crippen molar-refractivity contribution in [3.63, 3.8) is 0 Å². The highest BCUT2D eigenvalue weighted by Crippen LogP contribution is 2.07. The molecule has 0 saturated heterocycles. The molecule has 0 heterocycles. The van der Waals surface area contributed by atoms with E-state index in [1.165, 1.54) is 0 Å². The van der Waals surface area contributed by atoms with Crippen molar-refractivity contribution in [3.05, 3.63) is 0 Å². The van der Waals surface area contributed by atoms with E-state index in [-0.39, 0.29) is 11.7 Å². The van der Waals surface area contributed by atoms with E-state index >= 15 is 0 Å². The van der Waals surface area contributed by atoms with Gasteiger partial charge in [-0.25, -0.2) is 4.79 Å². The summed E-state index contributed by atoms with van der Waals surface area (Å²) in [5.74, 6) is -0.963. The van der Waals surface area contributed by atoms with E-state index < -0.39 is 28.3 Å². The lowest BCUT2D eigenvalue weighted by molar-refractivity contribution is -0.138. The van der Waals surface area contributed by atoms with Crippen LogP contribution in [0.5, 0.6) is 0 Å². The Morgan fingerprint density at radius 3 is 2.39 bits per heavy atom. The third-order valence-electron chi connectivity index (χ3n) is 2.45. The molecule has 3 N–H and O–H groups in total. The fraction of sp³-hybridized carbons (Fsp3) is 0.818. The Morgan fingerprint density at radius 2 is 1.94 bits per heavy atom. The molecule has 0 aromatic rings. The molecule has 0 saturated carbocycles. The first kappa shape index (κ1) is 16.9. The fourth-order valence-electron chi connectivity index (χ4n) is 1.33. The lowest BCUT2D eigenvalue weighted by Gasteiger charge is -2.24. The van der Waals surface area contributed by atoms with Crippen LogP contribution in [0.3, 0.4) is 0 Å². The van der Waals surface area contributed by atoms with Gasteiger partial charge < -0.3 is 15.7 Å². The molecular weight excluding hydrogens is 256 g/mol. The molecule has 2 unspecified atom stereocenters. The molecule has 6 nitrogen and oxygen atoms in total. The monoisotopic (exact) mass is 278 g/mol. The van der Waals surface area contributed by atoms with Crippen molar-refractivity contribution >= 4 is 22.8 Å². The summed E-state index contributed by atoms with van der Waals surface area (Å²) in [4.78, 5) is 22.1. The van der Waals surface area contributed by atoms with Crippen LogP contribution in [0.4, 0.5) is 4.79 Å². The highest BCUT2D eigenvalue weighted by Gasteiger charge is 2.23. The van der Waals surface area contributed by atoms with Crippen LogP contribution in [0.25, 0.3) is 0 Å². The molecule has 106 valence electrons. The fourth-order valence-corrected chi connectivity index (χ4v) is 1.78. The highest BCUT2D eigenvalue weighted by molar-refractivity contribution is 7.84. The molecule has 2 atom stereocenters. The molecule has 0 aliphatic heterocycles. The Bertz CT molecular complexity index is 331. The van der Waals surface area contributed by atoms with Gasteiger partial charge in [-0.05, 0) is 20.3 Å². The first-order valence-electron chi connectivity index (χ1n) is 5.74. The summed E-state index contributed by atoms with van der Waals surface area (Å²) >= 11 is 0. The largest absolute Gasteiger partial charge is 0.481 e. The Kier molecular flexibility index (Phi) is 6.90. The Hall–Kier alpha value is -1.11. The third-order valence-corrected chi connectivity index (χ3v) is 3.82. The van der Waals surface area contributed by atoms with Gasteiger partial charge in [0.1, 0.15) is 0 Å². The van der Waals surface area contributed by atoms with Gasteiger partial charge in [-0.3, -0.25) is 9.00 Å². The van der Waals surface area contributed by atoms with E-state index in [4.69, 9.17) is 5.11 Å². The molecular formula is C11H22N2O4S. The van der Waals surface area contributed by atoms with Crippen LogP contribution in [0.2, 0.25) is 0 Å². The summed E-state index contributed by atoms with van der Waals surface area (Å²) in [6.07, 6.45) is 2.10. The molecule has 18 heavy (non-hydrogen) atoms. The van der Waals surface area contributed by atoms with Crippen molar-refractivity contribution in [2.75, 3.05) is 12.8 Å². The number of nitrogens with one attached hydrogen (secondary N) is 2. The third kappa shape index (κ3) is 8.05. The van der Waals surface area contributed by atoms with Crippen molar-refractivity contribution in [1.29, 1.82) is 0 Å². The number of carboxylic acids is 1. The number of carbonyl (C=O) groups excluding carboxylic acids is 1. The first-order chi connectivity index (χ1) is 8.14. The van der Waals surface area contributed by atoms with Crippen LogP contribution < -0.4 is 10.6 Å². The van der Waals surface area contributed by atoms with E-state index in [0.29, 0.717) is 13.0 Å². The predicted molar refractivity (Wildman–Crippen MR) is 71.0 cm³/mol. The summed E-state index contributed by atoms with van der Waals surface area (Å²) in [5, 5.41) is 13.9. The van der Waals surface area contributed by atoms with Gasteiger partial charge in [0.05, 0.1) is 6.42 Å². The van der Waals surface area contributed by atoms with Gasteiger partial charge in [0, 0.05) is 34.4 Å². The van der Waals surface area contributed by atoms with Crippen LogP contribution in [-0.4, -0.2) is 44.9 Å². The lowest BCUT2D eigenvalue weighted by Crippen LogP contribution is -2.49. The zero-order valence-electron chi connectivity index (χ0n) is 11.3. The van der Waals surface area contributed by atoms with Gasteiger partial charge >= 0.3 is 12.0 Å². The topological polar surface area (TPSA) is 95.5 Å². The van der Waals surface area contributed by atoms with Crippen molar-refractivity contribution in [3.8, 4) is 0 Å². The number of aliphatic carboxylic acids is 1.